The van der Waals surface area contributed by atoms with Crippen molar-refractivity contribution in [1.29, 1.82) is 0 Å². The van der Waals surface area contributed by atoms with Gasteiger partial charge in [0, 0.05) is 17.3 Å². The van der Waals surface area contributed by atoms with E-state index in [-0.39, 0.29) is 17.9 Å². The zero-order valence-electron chi connectivity index (χ0n) is 10.4. The molecule has 2 aromatic carbocycles. The van der Waals surface area contributed by atoms with Crippen LogP contribution in [0.5, 0.6) is 0 Å². The van der Waals surface area contributed by atoms with Gasteiger partial charge >= 0.3 is 0 Å². The summed E-state index contributed by atoms with van der Waals surface area (Å²) in [4.78, 5) is 11.3. The minimum Gasteiger partial charge on any atom is -0.384 e. The molecule has 0 saturated heterocycles. The second kappa shape index (κ2) is 4.68. The van der Waals surface area contributed by atoms with Gasteiger partial charge in [0.2, 0.25) is 5.91 Å². The fraction of sp³-hybridized carbons (Fsp3) is 0.133. The van der Waals surface area contributed by atoms with E-state index >= 15 is 0 Å². The average molecular weight is 275 g/mol. The number of halogens is 2. The van der Waals surface area contributed by atoms with Crippen molar-refractivity contribution in [3.8, 4) is 0 Å². The molecule has 0 spiro atoms. The minimum absolute atomic E-state index is 0.00336. The molecule has 0 bridgehead atoms. The predicted octanol–water partition coefficient (Wildman–Crippen LogP) is 2.54. The van der Waals surface area contributed by atoms with Gasteiger partial charge in [-0.2, -0.15) is 0 Å². The van der Waals surface area contributed by atoms with Gasteiger partial charge < -0.3 is 10.4 Å². The molecule has 0 aliphatic carbocycles. The molecule has 5 heteroatoms. The Morgan fingerprint density at radius 1 is 1.15 bits per heavy atom. The van der Waals surface area contributed by atoms with E-state index in [0.29, 0.717) is 11.3 Å². The monoisotopic (exact) mass is 275 g/mol. The Morgan fingerprint density at radius 2 is 1.95 bits per heavy atom. The number of aliphatic hydroxyl groups is 1. The van der Waals surface area contributed by atoms with Crippen LogP contribution in [0.3, 0.4) is 0 Å². The molecule has 0 radical (unpaired) electrons. The molecule has 0 fully saturated rings. The Balaban J connectivity index is 1.97. The van der Waals surface area contributed by atoms with Gasteiger partial charge in [0.15, 0.2) is 0 Å². The number of rotatable bonds is 2. The molecule has 2 aromatic rings. The van der Waals surface area contributed by atoms with Crippen LogP contribution in [-0.2, 0) is 11.2 Å². The number of benzene rings is 2. The van der Waals surface area contributed by atoms with Gasteiger partial charge in [0.1, 0.15) is 17.7 Å². The Morgan fingerprint density at radius 3 is 2.70 bits per heavy atom. The molecule has 0 aromatic heterocycles. The number of carbonyl (C=O) groups is 1. The lowest BCUT2D eigenvalue weighted by atomic mass is 9.98. The maximum Gasteiger partial charge on any atom is 0.228 e. The highest BCUT2D eigenvalue weighted by Crippen LogP contribution is 2.30. The van der Waals surface area contributed by atoms with Crippen molar-refractivity contribution in [2.45, 2.75) is 12.5 Å². The number of anilines is 1. The van der Waals surface area contributed by atoms with Crippen LogP contribution in [-0.4, -0.2) is 11.0 Å². The highest BCUT2D eigenvalue weighted by atomic mass is 19.1. The van der Waals surface area contributed by atoms with Gasteiger partial charge in [0.25, 0.3) is 0 Å². The van der Waals surface area contributed by atoms with Gasteiger partial charge in [-0.1, -0.05) is 18.2 Å². The Kier molecular flexibility index (Phi) is 2.99. The van der Waals surface area contributed by atoms with E-state index in [0.717, 1.165) is 17.7 Å². The average Bonchev–Trinajstić information content (AvgIpc) is 2.77. The fourth-order valence-corrected chi connectivity index (χ4v) is 2.32. The molecule has 1 amide bonds. The summed E-state index contributed by atoms with van der Waals surface area (Å²) in [6.07, 6.45) is -0.960. The topological polar surface area (TPSA) is 49.3 Å². The number of nitrogens with one attached hydrogen (secondary N) is 1. The first-order chi connectivity index (χ1) is 9.54. The van der Waals surface area contributed by atoms with Gasteiger partial charge in [-0.15, -0.1) is 0 Å². The summed E-state index contributed by atoms with van der Waals surface area (Å²) in [7, 11) is 0. The molecular weight excluding hydrogens is 264 g/mol. The molecule has 1 heterocycles. The number of aliphatic hydroxyl groups excluding tert-OH is 1. The molecule has 3 nitrogen and oxygen atoms in total. The van der Waals surface area contributed by atoms with Gasteiger partial charge in [-0.25, -0.2) is 8.78 Å². The molecule has 1 aliphatic rings. The summed E-state index contributed by atoms with van der Waals surface area (Å²) in [5.74, 6) is -1.60. The van der Waals surface area contributed by atoms with E-state index in [1.807, 2.05) is 0 Å². The van der Waals surface area contributed by atoms with E-state index in [1.54, 1.807) is 18.2 Å². The smallest absolute Gasteiger partial charge is 0.228 e. The third-order valence-corrected chi connectivity index (χ3v) is 3.33. The lowest BCUT2D eigenvalue weighted by Crippen LogP contribution is -2.03. The van der Waals surface area contributed by atoms with Gasteiger partial charge in [-0.05, 0) is 23.3 Å². The number of fused-ring (bicyclic) bond motifs is 1. The van der Waals surface area contributed by atoms with Crippen LogP contribution in [0.1, 0.15) is 22.8 Å². The van der Waals surface area contributed by atoms with Crippen molar-refractivity contribution >= 4 is 11.6 Å². The number of hydrogen-bond donors (Lipinski definition) is 2. The molecule has 2 N–H and O–H groups in total. The summed E-state index contributed by atoms with van der Waals surface area (Å²) >= 11 is 0. The SMILES string of the molecule is O=C1Cc2cc(C(O)c3ccc(F)cc3F)ccc2N1. The predicted molar refractivity (Wildman–Crippen MR) is 69.2 cm³/mol. The van der Waals surface area contributed by atoms with Gasteiger partial charge in [-0.3, -0.25) is 4.79 Å². The van der Waals surface area contributed by atoms with E-state index < -0.39 is 17.7 Å². The zero-order chi connectivity index (χ0) is 14.3. The van der Waals surface area contributed by atoms with Crippen molar-refractivity contribution in [3.05, 3.63) is 64.7 Å². The first kappa shape index (κ1) is 12.7. The Hall–Kier alpha value is -2.27. The van der Waals surface area contributed by atoms with E-state index in [9.17, 15) is 18.7 Å². The molecule has 1 atom stereocenters. The molecular formula is C15H11F2NO2. The summed E-state index contributed by atoms with van der Waals surface area (Å²) in [6.45, 7) is 0. The third kappa shape index (κ3) is 2.16. The van der Waals surface area contributed by atoms with Crippen LogP contribution in [0.15, 0.2) is 36.4 Å². The highest BCUT2D eigenvalue weighted by Gasteiger charge is 2.21. The minimum atomic E-state index is -1.20. The summed E-state index contributed by atoms with van der Waals surface area (Å²) in [5.41, 5.74) is 1.92. The van der Waals surface area contributed by atoms with Crippen molar-refractivity contribution in [2.75, 3.05) is 5.32 Å². The Labute approximate surface area is 113 Å². The third-order valence-electron chi connectivity index (χ3n) is 3.33. The lowest BCUT2D eigenvalue weighted by Gasteiger charge is -2.13. The summed E-state index contributed by atoms with van der Waals surface area (Å²) in [5, 5.41) is 12.9. The van der Waals surface area contributed by atoms with E-state index in [4.69, 9.17) is 0 Å². The van der Waals surface area contributed by atoms with E-state index in [1.165, 1.54) is 6.07 Å². The van der Waals surface area contributed by atoms with Crippen LogP contribution in [0.4, 0.5) is 14.5 Å². The Bertz CT molecular complexity index is 700. The first-order valence-electron chi connectivity index (χ1n) is 6.10. The highest BCUT2D eigenvalue weighted by molar-refractivity contribution is 5.99. The van der Waals surface area contributed by atoms with Crippen molar-refractivity contribution in [3.63, 3.8) is 0 Å². The van der Waals surface area contributed by atoms with Gasteiger partial charge in [0.05, 0.1) is 6.42 Å². The van der Waals surface area contributed by atoms with Crippen LogP contribution in [0.25, 0.3) is 0 Å². The standard InChI is InChI=1S/C15H11F2NO2/c16-10-2-3-11(12(17)7-10)15(20)8-1-4-13-9(5-8)6-14(19)18-13/h1-5,7,15,20H,6H2,(H,18,19). The molecule has 1 unspecified atom stereocenters. The van der Waals surface area contributed by atoms with Crippen LogP contribution in [0, 0.1) is 11.6 Å². The summed E-state index contributed by atoms with van der Waals surface area (Å²) < 4.78 is 26.5. The normalized spacial score (nSPS) is 14.8. The quantitative estimate of drug-likeness (QED) is 0.885. The van der Waals surface area contributed by atoms with Crippen molar-refractivity contribution < 1.29 is 18.7 Å². The van der Waals surface area contributed by atoms with Crippen molar-refractivity contribution in [2.24, 2.45) is 0 Å². The fourth-order valence-electron chi connectivity index (χ4n) is 2.32. The maximum atomic E-state index is 13.7. The van der Waals surface area contributed by atoms with Crippen LogP contribution in [0.2, 0.25) is 0 Å². The number of amides is 1. The molecule has 102 valence electrons. The first-order valence-corrected chi connectivity index (χ1v) is 6.10. The van der Waals surface area contributed by atoms with Crippen LogP contribution >= 0.6 is 0 Å². The second-order valence-corrected chi connectivity index (χ2v) is 4.71. The second-order valence-electron chi connectivity index (χ2n) is 4.71. The van der Waals surface area contributed by atoms with Crippen molar-refractivity contribution in [1.82, 2.24) is 0 Å². The maximum absolute atomic E-state index is 13.7. The van der Waals surface area contributed by atoms with E-state index in [2.05, 4.69) is 5.32 Å². The molecule has 0 saturated carbocycles. The molecule has 3 rings (SSSR count). The number of carbonyl (C=O) groups excluding carboxylic acids is 1. The molecule has 20 heavy (non-hydrogen) atoms. The summed E-state index contributed by atoms with van der Waals surface area (Å²) in [6, 6.07) is 7.97. The van der Waals surface area contributed by atoms with Crippen LogP contribution < -0.4 is 5.32 Å². The lowest BCUT2D eigenvalue weighted by molar-refractivity contribution is -0.115. The largest absolute Gasteiger partial charge is 0.384 e. The molecule has 1 aliphatic heterocycles. The number of hydrogen-bond acceptors (Lipinski definition) is 2. The zero-order valence-corrected chi connectivity index (χ0v) is 10.4.